The highest BCUT2D eigenvalue weighted by Crippen LogP contribution is 2.11. The van der Waals surface area contributed by atoms with E-state index < -0.39 is 5.60 Å². The summed E-state index contributed by atoms with van der Waals surface area (Å²) in [6.45, 7) is 6.06. The average molecular weight is 314 g/mol. The van der Waals surface area contributed by atoms with Crippen LogP contribution >= 0.6 is 15.9 Å². The molecule has 3 nitrogen and oxygen atoms in total. The van der Waals surface area contributed by atoms with Gasteiger partial charge in [-0.3, -0.25) is 0 Å². The molecule has 1 amide bonds. The Morgan fingerprint density at radius 2 is 1.89 bits per heavy atom. The first-order chi connectivity index (χ1) is 8.42. The Labute approximate surface area is 117 Å². The summed E-state index contributed by atoms with van der Waals surface area (Å²) in [7, 11) is 0. The van der Waals surface area contributed by atoms with Crippen molar-refractivity contribution in [2.75, 3.05) is 5.33 Å². The van der Waals surface area contributed by atoms with E-state index in [1.54, 1.807) is 0 Å². The maximum absolute atomic E-state index is 11.6. The molecule has 0 aromatic heterocycles. The van der Waals surface area contributed by atoms with E-state index in [0.29, 0.717) is 6.54 Å². The van der Waals surface area contributed by atoms with E-state index in [1.165, 1.54) is 5.56 Å². The first-order valence-corrected chi connectivity index (χ1v) is 7.14. The molecule has 4 heteroatoms. The third-order valence-corrected chi connectivity index (χ3v) is 2.70. The summed E-state index contributed by atoms with van der Waals surface area (Å²) in [5.41, 5.74) is 1.91. The second-order valence-corrected chi connectivity index (χ2v) is 5.86. The van der Waals surface area contributed by atoms with E-state index >= 15 is 0 Å². The zero-order chi connectivity index (χ0) is 13.6. The van der Waals surface area contributed by atoms with E-state index in [9.17, 15) is 4.79 Å². The number of alkyl halides is 1. The number of halogens is 1. The monoisotopic (exact) mass is 313 g/mol. The highest BCUT2D eigenvalue weighted by Gasteiger charge is 2.15. The Balaban J connectivity index is 2.55. The van der Waals surface area contributed by atoms with Gasteiger partial charge in [0, 0.05) is 11.9 Å². The number of hydrogen-bond donors (Lipinski definition) is 1. The van der Waals surface area contributed by atoms with Crippen LogP contribution in [0.2, 0.25) is 0 Å². The topological polar surface area (TPSA) is 38.3 Å². The average Bonchev–Trinajstić information content (AvgIpc) is 2.26. The van der Waals surface area contributed by atoms with Crippen molar-refractivity contribution < 1.29 is 9.53 Å². The fraction of sp³-hybridized carbons (Fsp3) is 0.500. The lowest BCUT2D eigenvalue weighted by Crippen LogP contribution is -2.32. The van der Waals surface area contributed by atoms with E-state index in [0.717, 1.165) is 17.3 Å². The van der Waals surface area contributed by atoms with Crippen LogP contribution in [0.5, 0.6) is 0 Å². The number of alkyl carbamates (subject to hydrolysis) is 1. The normalized spacial score (nSPS) is 11.1. The minimum absolute atomic E-state index is 0.379. The fourth-order valence-electron chi connectivity index (χ4n) is 1.56. The van der Waals surface area contributed by atoms with Crippen molar-refractivity contribution >= 4 is 22.0 Å². The van der Waals surface area contributed by atoms with Crippen molar-refractivity contribution in [3.8, 4) is 0 Å². The molecule has 0 aliphatic rings. The Kier molecular flexibility index (Phi) is 5.66. The molecule has 0 heterocycles. The summed E-state index contributed by atoms with van der Waals surface area (Å²) in [6.07, 6.45) is 0.572. The van der Waals surface area contributed by atoms with Crippen LogP contribution in [0.1, 0.15) is 31.9 Å². The van der Waals surface area contributed by atoms with Gasteiger partial charge in [0.15, 0.2) is 0 Å². The minimum Gasteiger partial charge on any atom is -0.444 e. The first kappa shape index (κ1) is 15.0. The van der Waals surface area contributed by atoms with Crippen LogP contribution in [0, 0.1) is 0 Å². The number of rotatable bonds is 4. The molecule has 0 saturated carbocycles. The van der Waals surface area contributed by atoms with E-state index in [2.05, 4.69) is 27.3 Å². The largest absolute Gasteiger partial charge is 0.444 e. The van der Waals surface area contributed by atoms with Crippen molar-refractivity contribution in [3.63, 3.8) is 0 Å². The molecule has 100 valence electrons. The molecule has 0 spiro atoms. The molecule has 1 aromatic carbocycles. The third-order valence-electron chi connectivity index (χ3n) is 2.30. The molecule has 1 rings (SSSR count). The number of carbonyl (C=O) groups excluding carboxylic acids is 1. The Morgan fingerprint density at radius 1 is 1.28 bits per heavy atom. The van der Waals surface area contributed by atoms with Crippen LogP contribution in [0.25, 0.3) is 0 Å². The highest BCUT2D eigenvalue weighted by atomic mass is 79.9. The van der Waals surface area contributed by atoms with Gasteiger partial charge < -0.3 is 10.1 Å². The second kappa shape index (κ2) is 6.78. The molecule has 0 fully saturated rings. The van der Waals surface area contributed by atoms with E-state index in [-0.39, 0.29) is 6.09 Å². The number of amides is 1. The third kappa shape index (κ3) is 5.54. The summed E-state index contributed by atoms with van der Waals surface area (Å²) in [5, 5.41) is 3.69. The molecule has 0 unspecified atom stereocenters. The van der Waals surface area contributed by atoms with Crippen LogP contribution in [0.3, 0.4) is 0 Å². The molecule has 18 heavy (non-hydrogen) atoms. The van der Waals surface area contributed by atoms with Gasteiger partial charge in [0.1, 0.15) is 5.60 Å². The standard InChI is InChI=1S/C14H20BrNO2/c1-14(2,3)18-13(17)16-10-12-7-5-4-6-11(12)8-9-15/h4-7H,8-10H2,1-3H3,(H,16,17). The number of benzene rings is 1. The van der Waals surface area contributed by atoms with Gasteiger partial charge in [-0.2, -0.15) is 0 Å². The Morgan fingerprint density at radius 3 is 2.44 bits per heavy atom. The first-order valence-electron chi connectivity index (χ1n) is 6.02. The van der Waals surface area contributed by atoms with Crippen molar-refractivity contribution in [1.82, 2.24) is 5.32 Å². The van der Waals surface area contributed by atoms with Gasteiger partial charge in [-0.05, 0) is 38.3 Å². The molecule has 0 aliphatic carbocycles. The lowest BCUT2D eigenvalue weighted by Gasteiger charge is -2.20. The van der Waals surface area contributed by atoms with Crippen LogP contribution in [-0.2, 0) is 17.7 Å². The number of hydrogen-bond acceptors (Lipinski definition) is 2. The van der Waals surface area contributed by atoms with Crippen LogP contribution in [-0.4, -0.2) is 17.0 Å². The highest BCUT2D eigenvalue weighted by molar-refractivity contribution is 9.09. The SMILES string of the molecule is CC(C)(C)OC(=O)NCc1ccccc1CCBr. The van der Waals surface area contributed by atoms with Crippen LogP contribution in [0.4, 0.5) is 4.79 Å². The molecular weight excluding hydrogens is 294 g/mol. The number of carbonyl (C=O) groups is 1. The summed E-state index contributed by atoms with van der Waals surface area (Å²) < 4.78 is 5.20. The van der Waals surface area contributed by atoms with Gasteiger partial charge in [-0.1, -0.05) is 40.2 Å². The number of ether oxygens (including phenoxy) is 1. The predicted octanol–water partition coefficient (Wildman–Crippen LogP) is 3.65. The van der Waals surface area contributed by atoms with E-state index in [1.807, 2.05) is 39.0 Å². The molecule has 0 aliphatic heterocycles. The number of aryl methyl sites for hydroxylation is 1. The summed E-state index contributed by atoms with van der Waals surface area (Å²) in [4.78, 5) is 11.6. The van der Waals surface area contributed by atoms with Gasteiger partial charge in [-0.25, -0.2) is 4.79 Å². The van der Waals surface area contributed by atoms with Gasteiger partial charge in [0.05, 0.1) is 0 Å². The van der Waals surface area contributed by atoms with Crippen LogP contribution in [0.15, 0.2) is 24.3 Å². The minimum atomic E-state index is -0.459. The summed E-state index contributed by atoms with van der Waals surface area (Å²) in [6, 6.07) is 8.08. The molecule has 0 radical (unpaired) electrons. The van der Waals surface area contributed by atoms with Crippen molar-refractivity contribution in [1.29, 1.82) is 0 Å². The fourth-order valence-corrected chi connectivity index (χ4v) is 1.98. The molecule has 1 N–H and O–H groups in total. The van der Waals surface area contributed by atoms with Gasteiger partial charge in [0.2, 0.25) is 0 Å². The van der Waals surface area contributed by atoms with E-state index in [4.69, 9.17) is 4.74 Å². The Hall–Kier alpha value is -1.03. The molecule has 0 saturated heterocycles. The maximum atomic E-state index is 11.6. The van der Waals surface area contributed by atoms with Crippen molar-refractivity contribution in [2.45, 2.75) is 39.3 Å². The quantitative estimate of drug-likeness (QED) is 0.862. The number of nitrogens with one attached hydrogen (secondary N) is 1. The van der Waals surface area contributed by atoms with Gasteiger partial charge >= 0.3 is 6.09 Å². The van der Waals surface area contributed by atoms with Gasteiger partial charge in [-0.15, -0.1) is 0 Å². The molecule has 1 aromatic rings. The zero-order valence-corrected chi connectivity index (χ0v) is 12.7. The zero-order valence-electron chi connectivity index (χ0n) is 11.1. The lowest BCUT2D eigenvalue weighted by atomic mass is 10.1. The smallest absolute Gasteiger partial charge is 0.407 e. The second-order valence-electron chi connectivity index (χ2n) is 5.06. The van der Waals surface area contributed by atoms with Gasteiger partial charge in [0.25, 0.3) is 0 Å². The maximum Gasteiger partial charge on any atom is 0.407 e. The summed E-state index contributed by atoms with van der Waals surface area (Å²) >= 11 is 3.43. The predicted molar refractivity (Wildman–Crippen MR) is 77.0 cm³/mol. The lowest BCUT2D eigenvalue weighted by molar-refractivity contribution is 0.0523. The van der Waals surface area contributed by atoms with Crippen LogP contribution < -0.4 is 5.32 Å². The summed E-state index contributed by atoms with van der Waals surface area (Å²) in [5.74, 6) is 0. The Bertz CT molecular complexity index is 399. The van der Waals surface area contributed by atoms with Crippen molar-refractivity contribution in [2.24, 2.45) is 0 Å². The van der Waals surface area contributed by atoms with Crippen molar-refractivity contribution in [3.05, 3.63) is 35.4 Å². The molecule has 0 atom stereocenters. The molecular formula is C14H20BrNO2. The molecule has 0 bridgehead atoms.